The van der Waals surface area contributed by atoms with Crippen LogP contribution in [0.15, 0.2) is 12.1 Å². The second-order valence-corrected chi connectivity index (χ2v) is 5.51. The Morgan fingerprint density at radius 1 is 1.40 bits per heavy atom. The summed E-state index contributed by atoms with van der Waals surface area (Å²) in [5.74, 6) is -0.533. The van der Waals surface area contributed by atoms with Gasteiger partial charge in [0.15, 0.2) is 0 Å². The van der Waals surface area contributed by atoms with E-state index in [-0.39, 0.29) is 16.6 Å². The number of amides is 1. The number of anilines is 2. The Kier molecular flexibility index (Phi) is 4.70. The molecular weight excluding hydrogens is 281 g/mol. The van der Waals surface area contributed by atoms with Crippen molar-refractivity contribution in [3.63, 3.8) is 0 Å². The Hall–Kier alpha value is -1.49. The number of carbonyl (C=O) groups is 1. The Balaban J connectivity index is 2.05. The highest BCUT2D eigenvalue weighted by Crippen LogP contribution is 2.27. The van der Waals surface area contributed by atoms with Crippen LogP contribution in [0.25, 0.3) is 0 Å². The van der Waals surface area contributed by atoms with Gasteiger partial charge in [-0.3, -0.25) is 4.79 Å². The van der Waals surface area contributed by atoms with Gasteiger partial charge in [-0.15, -0.1) is 0 Å². The van der Waals surface area contributed by atoms with Crippen LogP contribution in [0.5, 0.6) is 0 Å². The molecular formula is C14H19ClFN3O. The van der Waals surface area contributed by atoms with E-state index in [1.165, 1.54) is 12.5 Å². The fourth-order valence-electron chi connectivity index (χ4n) is 2.37. The normalized spacial score (nSPS) is 16.9. The third-order valence-electron chi connectivity index (χ3n) is 3.50. The van der Waals surface area contributed by atoms with Gasteiger partial charge in [-0.2, -0.15) is 0 Å². The first kappa shape index (κ1) is 14.9. The summed E-state index contributed by atoms with van der Waals surface area (Å²) in [6.45, 7) is 3.36. The summed E-state index contributed by atoms with van der Waals surface area (Å²) < 4.78 is 13.2. The first-order valence-corrected chi connectivity index (χ1v) is 7.16. The molecule has 1 aromatic carbocycles. The number of hydrogen-bond donors (Lipinski definition) is 2. The average Bonchev–Trinajstić information content (AvgIpc) is 2.44. The van der Waals surface area contributed by atoms with Crippen LogP contribution in [0, 0.1) is 5.82 Å². The van der Waals surface area contributed by atoms with E-state index in [0.717, 1.165) is 32.0 Å². The molecule has 0 aromatic heterocycles. The zero-order chi connectivity index (χ0) is 14.7. The maximum atomic E-state index is 13.2. The molecule has 1 aliphatic rings. The summed E-state index contributed by atoms with van der Waals surface area (Å²) in [6.07, 6.45) is 3.26. The second-order valence-electron chi connectivity index (χ2n) is 5.11. The van der Waals surface area contributed by atoms with Gasteiger partial charge in [-0.05, 0) is 32.3 Å². The van der Waals surface area contributed by atoms with E-state index in [1.807, 2.05) is 4.90 Å². The summed E-state index contributed by atoms with van der Waals surface area (Å²) >= 11 is 5.73. The van der Waals surface area contributed by atoms with Crippen molar-refractivity contribution in [2.75, 3.05) is 24.1 Å². The lowest BCUT2D eigenvalue weighted by molar-refractivity contribution is -0.132. The van der Waals surface area contributed by atoms with Gasteiger partial charge in [0.25, 0.3) is 0 Å². The molecule has 1 saturated heterocycles. The van der Waals surface area contributed by atoms with Gasteiger partial charge < -0.3 is 16.0 Å². The Morgan fingerprint density at radius 3 is 2.70 bits per heavy atom. The summed E-state index contributed by atoms with van der Waals surface area (Å²) in [4.78, 5) is 14.1. The van der Waals surface area contributed by atoms with Crippen molar-refractivity contribution in [2.45, 2.75) is 32.2 Å². The molecule has 0 saturated carbocycles. The monoisotopic (exact) mass is 299 g/mol. The molecule has 1 aliphatic heterocycles. The molecule has 1 amide bonds. The largest absolute Gasteiger partial charge is 0.397 e. The van der Waals surface area contributed by atoms with Crippen molar-refractivity contribution in [3.05, 3.63) is 23.0 Å². The van der Waals surface area contributed by atoms with Crippen molar-refractivity contribution in [1.82, 2.24) is 4.90 Å². The lowest BCUT2D eigenvalue weighted by Crippen LogP contribution is -2.44. The van der Waals surface area contributed by atoms with Gasteiger partial charge in [0.05, 0.1) is 16.4 Å². The van der Waals surface area contributed by atoms with Crippen LogP contribution in [-0.4, -0.2) is 29.9 Å². The summed E-state index contributed by atoms with van der Waals surface area (Å²) in [5.41, 5.74) is 6.45. The van der Waals surface area contributed by atoms with E-state index >= 15 is 0 Å². The van der Waals surface area contributed by atoms with Crippen molar-refractivity contribution in [3.8, 4) is 0 Å². The first-order valence-electron chi connectivity index (χ1n) is 6.79. The highest BCUT2D eigenvalue weighted by atomic mass is 35.5. The van der Waals surface area contributed by atoms with Gasteiger partial charge >= 0.3 is 0 Å². The topological polar surface area (TPSA) is 58.4 Å². The highest BCUT2D eigenvalue weighted by molar-refractivity contribution is 6.31. The molecule has 0 bridgehead atoms. The number of carbonyl (C=O) groups excluding carboxylic acids is 1. The molecule has 2 rings (SSSR count). The number of hydrogen-bond acceptors (Lipinski definition) is 3. The number of nitrogen functional groups attached to an aromatic ring is 1. The maximum Gasteiger partial charge on any atom is 0.244 e. The van der Waals surface area contributed by atoms with Crippen molar-refractivity contribution < 1.29 is 9.18 Å². The maximum absolute atomic E-state index is 13.2. The van der Waals surface area contributed by atoms with Crippen LogP contribution in [0.4, 0.5) is 15.8 Å². The molecule has 0 spiro atoms. The number of rotatable bonds is 3. The Labute approximate surface area is 123 Å². The minimum absolute atomic E-state index is 0.0145. The van der Waals surface area contributed by atoms with E-state index in [0.29, 0.717) is 5.69 Å². The lowest BCUT2D eigenvalue weighted by Gasteiger charge is -2.30. The predicted molar refractivity (Wildman–Crippen MR) is 79.3 cm³/mol. The van der Waals surface area contributed by atoms with E-state index in [4.69, 9.17) is 17.3 Å². The fraction of sp³-hybridized carbons (Fsp3) is 0.500. The standard InChI is InChI=1S/C14H19ClFN3O/c1-9(14(20)19-5-3-2-4-6-19)18-13-7-10(15)11(16)8-12(13)17/h7-9,18H,2-6,17H2,1H3. The SMILES string of the molecule is CC(Nc1cc(Cl)c(F)cc1N)C(=O)N1CCCCC1. The number of nitrogens with one attached hydrogen (secondary N) is 1. The number of halogens is 2. The van der Waals surface area contributed by atoms with Gasteiger partial charge in [0.1, 0.15) is 11.9 Å². The van der Waals surface area contributed by atoms with Gasteiger partial charge in [0, 0.05) is 19.2 Å². The number of nitrogens with two attached hydrogens (primary N) is 1. The zero-order valence-corrected chi connectivity index (χ0v) is 12.2. The highest BCUT2D eigenvalue weighted by Gasteiger charge is 2.22. The van der Waals surface area contributed by atoms with Gasteiger partial charge in [-0.1, -0.05) is 11.6 Å². The van der Waals surface area contributed by atoms with Crippen LogP contribution in [-0.2, 0) is 4.79 Å². The quantitative estimate of drug-likeness (QED) is 0.844. The predicted octanol–water partition coefficient (Wildman–Crippen LogP) is 2.87. The van der Waals surface area contributed by atoms with Gasteiger partial charge in [0.2, 0.25) is 5.91 Å². The molecule has 0 aliphatic carbocycles. The van der Waals surface area contributed by atoms with Crippen molar-refractivity contribution >= 4 is 28.9 Å². The minimum Gasteiger partial charge on any atom is -0.397 e. The van der Waals surface area contributed by atoms with Gasteiger partial charge in [-0.25, -0.2) is 4.39 Å². The van der Waals surface area contributed by atoms with E-state index < -0.39 is 11.9 Å². The van der Waals surface area contributed by atoms with Crippen molar-refractivity contribution in [1.29, 1.82) is 0 Å². The molecule has 0 radical (unpaired) electrons. The van der Waals surface area contributed by atoms with Crippen LogP contribution in [0.3, 0.4) is 0 Å². The number of piperidine rings is 1. The van der Waals surface area contributed by atoms with Crippen LogP contribution < -0.4 is 11.1 Å². The van der Waals surface area contributed by atoms with E-state index in [2.05, 4.69) is 5.32 Å². The average molecular weight is 300 g/mol. The van der Waals surface area contributed by atoms with Crippen LogP contribution >= 0.6 is 11.6 Å². The summed E-state index contributed by atoms with van der Waals surface area (Å²) in [7, 11) is 0. The van der Waals surface area contributed by atoms with E-state index in [1.54, 1.807) is 6.92 Å². The molecule has 110 valence electrons. The van der Waals surface area contributed by atoms with Crippen LogP contribution in [0.1, 0.15) is 26.2 Å². The molecule has 3 N–H and O–H groups in total. The minimum atomic E-state index is -0.565. The number of nitrogens with zero attached hydrogens (tertiary/aromatic N) is 1. The lowest BCUT2D eigenvalue weighted by atomic mass is 10.1. The third-order valence-corrected chi connectivity index (χ3v) is 3.79. The number of likely N-dealkylation sites (tertiary alicyclic amines) is 1. The fourth-order valence-corrected chi connectivity index (χ4v) is 2.53. The first-order chi connectivity index (χ1) is 9.49. The van der Waals surface area contributed by atoms with Crippen molar-refractivity contribution in [2.24, 2.45) is 0 Å². The number of benzene rings is 1. The second kappa shape index (κ2) is 6.31. The summed E-state index contributed by atoms with van der Waals surface area (Å²) in [6, 6.07) is 2.14. The molecule has 1 unspecified atom stereocenters. The Bertz CT molecular complexity index is 503. The molecule has 6 heteroatoms. The van der Waals surface area contributed by atoms with Crippen LogP contribution in [0.2, 0.25) is 5.02 Å². The summed E-state index contributed by atoms with van der Waals surface area (Å²) in [5, 5.41) is 2.99. The van der Waals surface area contributed by atoms with E-state index in [9.17, 15) is 9.18 Å². The third kappa shape index (κ3) is 3.33. The molecule has 1 aromatic rings. The molecule has 20 heavy (non-hydrogen) atoms. The zero-order valence-electron chi connectivity index (χ0n) is 11.5. The smallest absolute Gasteiger partial charge is 0.244 e. The molecule has 4 nitrogen and oxygen atoms in total. The Morgan fingerprint density at radius 2 is 2.05 bits per heavy atom. The molecule has 1 heterocycles. The molecule has 1 fully saturated rings. The molecule has 1 atom stereocenters.